The zero-order valence-electron chi connectivity index (χ0n) is 11.2. The second-order valence-corrected chi connectivity index (χ2v) is 5.79. The summed E-state index contributed by atoms with van der Waals surface area (Å²) in [5.74, 6) is 0.606. The minimum atomic E-state index is -0.882. The molecule has 0 radical (unpaired) electrons. The number of carbonyl (C=O) groups excluding carboxylic acids is 1. The molecule has 2 amide bonds. The number of hydrogen-bond acceptors (Lipinski definition) is 4. The van der Waals surface area contributed by atoms with Crippen molar-refractivity contribution in [2.24, 2.45) is 0 Å². The Balaban J connectivity index is 2.01. The number of anilines is 1. The number of carboxylic acid groups (broad SMARTS) is 1. The number of nitrogens with zero attached hydrogens (tertiary/aromatic N) is 2. The number of carbonyl (C=O) groups is 2. The molecule has 1 aliphatic heterocycles. The Bertz CT molecular complexity index is 492. The molecule has 0 aromatic carbocycles. The van der Waals surface area contributed by atoms with E-state index >= 15 is 0 Å². The Morgan fingerprint density at radius 1 is 1.55 bits per heavy atom. The number of rotatable bonds is 3. The molecule has 0 aliphatic carbocycles. The van der Waals surface area contributed by atoms with Gasteiger partial charge in [0, 0.05) is 23.7 Å². The van der Waals surface area contributed by atoms with Gasteiger partial charge in [-0.25, -0.2) is 4.79 Å². The second-order valence-electron chi connectivity index (χ2n) is 4.64. The highest BCUT2D eigenvalue weighted by molar-refractivity contribution is 7.99. The zero-order chi connectivity index (χ0) is 14.5. The summed E-state index contributed by atoms with van der Waals surface area (Å²) < 4.78 is 0. The fourth-order valence-corrected chi connectivity index (χ4v) is 3.09. The number of nitrogens with one attached hydrogen (secondary N) is 1. The van der Waals surface area contributed by atoms with Gasteiger partial charge in [0.2, 0.25) is 0 Å². The van der Waals surface area contributed by atoms with Crippen molar-refractivity contribution >= 4 is 29.4 Å². The molecule has 0 saturated carbocycles. The van der Waals surface area contributed by atoms with Gasteiger partial charge in [0.15, 0.2) is 0 Å². The van der Waals surface area contributed by atoms with Crippen LogP contribution in [-0.2, 0) is 4.79 Å². The van der Waals surface area contributed by atoms with E-state index in [1.165, 1.54) is 0 Å². The fraction of sp³-hybridized carbons (Fsp3) is 0.462. The van der Waals surface area contributed by atoms with Crippen LogP contribution in [-0.4, -0.2) is 51.1 Å². The molecule has 1 aliphatic rings. The molecular weight excluding hydrogens is 278 g/mol. The van der Waals surface area contributed by atoms with Gasteiger partial charge in [-0.05, 0) is 19.1 Å². The number of thioether (sulfide) groups is 1. The number of aliphatic carboxylic acids is 1. The predicted octanol–water partition coefficient (Wildman–Crippen LogP) is 1.81. The molecule has 2 heterocycles. The lowest BCUT2D eigenvalue weighted by atomic mass is 10.2. The molecular formula is C13H17N3O3S. The van der Waals surface area contributed by atoms with E-state index in [2.05, 4.69) is 10.3 Å². The molecule has 1 aromatic rings. The van der Waals surface area contributed by atoms with Crippen molar-refractivity contribution in [3.63, 3.8) is 0 Å². The van der Waals surface area contributed by atoms with E-state index in [1.54, 1.807) is 28.9 Å². The highest BCUT2D eigenvalue weighted by Gasteiger charge is 2.28. The van der Waals surface area contributed by atoms with E-state index in [-0.39, 0.29) is 18.5 Å². The largest absolute Gasteiger partial charge is 0.481 e. The second kappa shape index (κ2) is 6.60. The van der Waals surface area contributed by atoms with Crippen molar-refractivity contribution in [2.75, 3.05) is 23.4 Å². The number of amides is 2. The molecule has 2 N–H and O–H groups in total. The van der Waals surface area contributed by atoms with Crippen molar-refractivity contribution < 1.29 is 14.7 Å². The molecule has 1 saturated heterocycles. The first-order valence-corrected chi connectivity index (χ1v) is 7.51. The van der Waals surface area contributed by atoms with Crippen LogP contribution in [0.1, 0.15) is 12.1 Å². The van der Waals surface area contributed by atoms with Crippen molar-refractivity contribution in [2.45, 2.75) is 19.4 Å². The summed E-state index contributed by atoms with van der Waals surface area (Å²) in [6.45, 7) is 2.43. The first-order chi connectivity index (χ1) is 9.56. The van der Waals surface area contributed by atoms with Crippen LogP contribution in [0.2, 0.25) is 0 Å². The maximum absolute atomic E-state index is 12.2. The van der Waals surface area contributed by atoms with E-state index < -0.39 is 5.97 Å². The standard InChI is InChI=1S/C13H17N3O3S/c1-9-2-3-10(7-14-9)15-13(19)16-4-5-20-8-11(16)6-12(17)18/h2-3,7,11H,4-6,8H2,1H3,(H,15,19)(H,17,18). The zero-order valence-corrected chi connectivity index (χ0v) is 12.0. The summed E-state index contributed by atoms with van der Waals surface area (Å²) in [6, 6.07) is 3.08. The lowest BCUT2D eigenvalue weighted by Gasteiger charge is -2.34. The van der Waals surface area contributed by atoms with Crippen molar-refractivity contribution in [3.05, 3.63) is 24.0 Å². The quantitative estimate of drug-likeness (QED) is 0.888. The highest BCUT2D eigenvalue weighted by atomic mass is 32.2. The van der Waals surface area contributed by atoms with E-state index in [0.717, 1.165) is 11.4 Å². The van der Waals surface area contributed by atoms with E-state index in [1.807, 2.05) is 13.0 Å². The molecule has 1 fully saturated rings. The average molecular weight is 295 g/mol. The number of pyridine rings is 1. The van der Waals surface area contributed by atoms with Crippen molar-refractivity contribution in [1.29, 1.82) is 0 Å². The van der Waals surface area contributed by atoms with Gasteiger partial charge < -0.3 is 15.3 Å². The smallest absolute Gasteiger partial charge is 0.322 e. The summed E-state index contributed by atoms with van der Waals surface area (Å²) in [4.78, 5) is 28.8. The van der Waals surface area contributed by atoms with Crippen LogP contribution in [0.15, 0.2) is 18.3 Å². The highest BCUT2D eigenvalue weighted by Crippen LogP contribution is 2.20. The Kier molecular flexibility index (Phi) is 4.84. The Morgan fingerprint density at radius 2 is 2.35 bits per heavy atom. The molecule has 6 nitrogen and oxygen atoms in total. The van der Waals surface area contributed by atoms with Gasteiger partial charge in [0.1, 0.15) is 0 Å². The van der Waals surface area contributed by atoms with Crippen molar-refractivity contribution in [1.82, 2.24) is 9.88 Å². The van der Waals surface area contributed by atoms with Crippen LogP contribution in [0.5, 0.6) is 0 Å². The number of hydrogen-bond donors (Lipinski definition) is 2. The van der Waals surface area contributed by atoms with Gasteiger partial charge in [-0.1, -0.05) is 0 Å². The number of aryl methyl sites for hydroxylation is 1. The molecule has 20 heavy (non-hydrogen) atoms. The molecule has 108 valence electrons. The average Bonchev–Trinajstić information content (AvgIpc) is 2.41. The summed E-state index contributed by atoms with van der Waals surface area (Å²) in [5, 5.41) is 11.7. The third-order valence-corrected chi connectivity index (χ3v) is 4.15. The number of carboxylic acids is 1. The molecule has 0 bridgehead atoms. The minimum Gasteiger partial charge on any atom is -0.481 e. The molecule has 0 spiro atoms. The molecule has 1 unspecified atom stereocenters. The van der Waals surface area contributed by atoms with Gasteiger partial charge >= 0.3 is 12.0 Å². The molecule has 2 rings (SSSR count). The van der Waals surface area contributed by atoms with Crippen molar-refractivity contribution in [3.8, 4) is 0 Å². The van der Waals surface area contributed by atoms with E-state index in [4.69, 9.17) is 5.11 Å². The summed E-state index contributed by atoms with van der Waals surface area (Å²) in [6.07, 6.45) is 1.57. The predicted molar refractivity (Wildman–Crippen MR) is 78.1 cm³/mol. The number of urea groups is 1. The third kappa shape index (κ3) is 3.86. The van der Waals surface area contributed by atoms with Crippen LogP contribution in [0, 0.1) is 6.92 Å². The van der Waals surface area contributed by atoms with E-state index in [0.29, 0.717) is 18.0 Å². The Morgan fingerprint density at radius 3 is 3.00 bits per heavy atom. The summed E-state index contributed by atoms with van der Waals surface area (Å²) in [5.41, 5.74) is 1.49. The van der Waals surface area contributed by atoms with Gasteiger partial charge in [0.05, 0.1) is 24.3 Å². The monoisotopic (exact) mass is 295 g/mol. The maximum Gasteiger partial charge on any atom is 0.322 e. The van der Waals surface area contributed by atoms with Crippen LogP contribution in [0.25, 0.3) is 0 Å². The Labute approximate surface area is 121 Å². The molecule has 1 aromatic heterocycles. The first kappa shape index (κ1) is 14.6. The van der Waals surface area contributed by atoms with Gasteiger partial charge in [-0.15, -0.1) is 0 Å². The Hall–Kier alpha value is -1.76. The van der Waals surface area contributed by atoms with Gasteiger partial charge in [-0.2, -0.15) is 11.8 Å². The van der Waals surface area contributed by atoms with Crippen LogP contribution in [0.3, 0.4) is 0 Å². The van der Waals surface area contributed by atoms with Gasteiger partial charge in [0.25, 0.3) is 0 Å². The van der Waals surface area contributed by atoms with Crippen LogP contribution < -0.4 is 5.32 Å². The normalized spacial score (nSPS) is 18.6. The minimum absolute atomic E-state index is 0.0213. The van der Waals surface area contributed by atoms with E-state index in [9.17, 15) is 9.59 Å². The topological polar surface area (TPSA) is 82.5 Å². The lowest BCUT2D eigenvalue weighted by Crippen LogP contribution is -2.48. The third-order valence-electron chi connectivity index (χ3n) is 3.06. The van der Waals surface area contributed by atoms with Crippen LogP contribution >= 0.6 is 11.8 Å². The number of aromatic nitrogens is 1. The summed E-state index contributed by atoms with van der Waals surface area (Å²) in [7, 11) is 0. The SMILES string of the molecule is Cc1ccc(NC(=O)N2CCSCC2CC(=O)O)cn1. The summed E-state index contributed by atoms with van der Waals surface area (Å²) >= 11 is 1.68. The maximum atomic E-state index is 12.2. The van der Waals surface area contributed by atoms with Gasteiger partial charge in [-0.3, -0.25) is 9.78 Å². The lowest BCUT2D eigenvalue weighted by molar-refractivity contribution is -0.137. The van der Waals surface area contributed by atoms with Crippen LogP contribution in [0.4, 0.5) is 10.5 Å². The molecule has 1 atom stereocenters. The first-order valence-electron chi connectivity index (χ1n) is 6.36. The fourth-order valence-electron chi connectivity index (χ4n) is 2.03. The molecule has 7 heteroatoms.